The van der Waals surface area contributed by atoms with Crippen molar-refractivity contribution in [1.82, 2.24) is 10.3 Å². The van der Waals surface area contributed by atoms with Crippen molar-refractivity contribution >= 4 is 17.4 Å². The van der Waals surface area contributed by atoms with Crippen LogP contribution in [0.2, 0.25) is 5.02 Å². The average molecular weight is 214 g/mol. The van der Waals surface area contributed by atoms with E-state index in [0.29, 0.717) is 11.1 Å². The number of aromatic nitrogens is 1. The van der Waals surface area contributed by atoms with Gasteiger partial charge in [0.25, 0.3) is 0 Å². The summed E-state index contributed by atoms with van der Waals surface area (Å²) in [4.78, 5) is 4.11. The van der Waals surface area contributed by atoms with Crippen LogP contribution in [0.25, 0.3) is 0 Å². The van der Waals surface area contributed by atoms with Crippen molar-refractivity contribution in [2.24, 2.45) is 0 Å². The van der Waals surface area contributed by atoms with E-state index in [1.807, 2.05) is 13.1 Å². The summed E-state index contributed by atoms with van der Waals surface area (Å²) in [5.74, 6) is 0.843. The van der Waals surface area contributed by atoms with Crippen LogP contribution in [-0.4, -0.2) is 18.1 Å². The molecule has 0 aliphatic carbocycles. The zero-order chi connectivity index (χ0) is 10.6. The Kier molecular flexibility index (Phi) is 4.17. The summed E-state index contributed by atoms with van der Waals surface area (Å²) in [5.41, 5.74) is 1.07. The first-order chi connectivity index (χ1) is 6.63. The predicted octanol–water partition coefficient (Wildman–Crippen LogP) is 2.27. The minimum atomic E-state index is 0.456. The number of hydrogen-bond acceptors (Lipinski definition) is 3. The molecular weight excluding hydrogens is 198 g/mol. The molecule has 0 saturated heterocycles. The highest BCUT2D eigenvalue weighted by Gasteiger charge is 2.02. The van der Waals surface area contributed by atoms with Gasteiger partial charge in [0.2, 0.25) is 0 Å². The van der Waals surface area contributed by atoms with Gasteiger partial charge in [0, 0.05) is 25.8 Å². The van der Waals surface area contributed by atoms with Crippen LogP contribution in [0.15, 0.2) is 12.3 Å². The SMILES string of the molecule is CNc1cc(CNC(C)C)c(Cl)cn1. The van der Waals surface area contributed by atoms with E-state index >= 15 is 0 Å². The van der Waals surface area contributed by atoms with Gasteiger partial charge in [-0.3, -0.25) is 0 Å². The monoisotopic (exact) mass is 213 g/mol. The molecule has 0 aliphatic rings. The van der Waals surface area contributed by atoms with Gasteiger partial charge in [-0.2, -0.15) is 0 Å². The first kappa shape index (κ1) is 11.3. The number of hydrogen-bond donors (Lipinski definition) is 2. The number of nitrogens with zero attached hydrogens (tertiary/aromatic N) is 1. The summed E-state index contributed by atoms with van der Waals surface area (Å²) in [6.07, 6.45) is 1.67. The normalized spacial score (nSPS) is 10.6. The Bertz CT molecular complexity index is 299. The molecule has 78 valence electrons. The van der Waals surface area contributed by atoms with Crippen molar-refractivity contribution in [2.75, 3.05) is 12.4 Å². The van der Waals surface area contributed by atoms with E-state index in [1.165, 1.54) is 0 Å². The second-order valence-corrected chi connectivity index (χ2v) is 3.85. The quantitative estimate of drug-likeness (QED) is 0.806. The summed E-state index contributed by atoms with van der Waals surface area (Å²) in [6.45, 7) is 4.98. The van der Waals surface area contributed by atoms with Gasteiger partial charge >= 0.3 is 0 Å². The molecule has 0 amide bonds. The fraction of sp³-hybridized carbons (Fsp3) is 0.500. The molecule has 1 heterocycles. The maximum Gasteiger partial charge on any atom is 0.126 e. The summed E-state index contributed by atoms with van der Waals surface area (Å²) in [7, 11) is 1.84. The van der Waals surface area contributed by atoms with Crippen molar-refractivity contribution in [3.05, 3.63) is 22.8 Å². The van der Waals surface area contributed by atoms with Crippen molar-refractivity contribution in [2.45, 2.75) is 26.4 Å². The van der Waals surface area contributed by atoms with Gasteiger partial charge in [0.1, 0.15) is 5.82 Å². The summed E-state index contributed by atoms with van der Waals surface area (Å²) >= 11 is 6.01. The molecule has 0 radical (unpaired) electrons. The predicted molar refractivity (Wildman–Crippen MR) is 60.8 cm³/mol. The molecule has 2 N–H and O–H groups in total. The molecule has 0 atom stereocenters. The highest BCUT2D eigenvalue weighted by Crippen LogP contribution is 2.17. The lowest BCUT2D eigenvalue weighted by atomic mass is 10.2. The highest BCUT2D eigenvalue weighted by molar-refractivity contribution is 6.31. The minimum Gasteiger partial charge on any atom is -0.373 e. The molecule has 14 heavy (non-hydrogen) atoms. The average Bonchev–Trinajstić information content (AvgIpc) is 2.16. The third-order valence-corrected chi connectivity index (χ3v) is 2.23. The van der Waals surface area contributed by atoms with E-state index in [1.54, 1.807) is 6.20 Å². The molecule has 0 fully saturated rings. The van der Waals surface area contributed by atoms with Crippen LogP contribution >= 0.6 is 11.6 Å². The molecular formula is C10H16ClN3. The topological polar surface area (TPSA) is 37.0 Å². The van der Waals surface area contributed by atoms with Crippen molar-refractivity contribution in [1.29, 1.82) is 0 Å². The van der Waals surface area contributed by atoms with Gasteiger partial charge in [-0.15, -0.1) is 0 Å². The van der Waals surface area contributed by atoms with Crippen LogP contribution < -0.4 is 10.6 Å². The van der Waals surface area contributed by atoms with E-state index in [9.17, 15) is 0 Å². The first-order valence-electron chi connectivity index (χ1n) is 4.69. The van der Waals surface area contributed by atoms with Gasteiger partial charge in [0.15, 0.2) is 0 Å². The lowest BCUT2D eigenvalue weighted by molar-refractivity contribution is 0.589. The number of anilines is 1. The second-order valence-electron chi connectivity index (χ2n) is 3.45. The smallest absolute Gasteiger partial charge is 0.126 e. The summed E-state index contributed by atoms with van der Waals surface area (Å²) in [6, 6.07) is 2.41. The van der Waals surface area contributed by atoms with E-state index in [2.05, 4.69) is 29.5 Å². The number of nitrogens with one attached hydrogen (secondary N) is 2. The van der Waals surface area contributed by atoms with Gasteiger partial charge in [0.05, 0.1) is 5.02 Å². The van der Waals surface area contributed by atoms with E-state index in [-0.39, 0.29) is 0 Å². The molecule has 1 aromatic rings. The van der Waals surface area contributed by atoms with E-state index in [0.717, 1.165) is 17.9 Å². The molecule has 1 rings (SSSR count). The van der Waals surface area contributed by atoms with Crippen molar-refractivity contribution < 1.29 is 0 Å². The number of pyridine rings is 1. The van der Waals surface area contributed by atoms with Gasteiger partial charge in [-0.1, -0.05) is 25.4 Å². The Balaban J connectivity index is 2.73. The molecule has 0 spiro atoms. The van der Waals surface area contributed by atoms with Crippen LogP contribution in [0, 0.1) is 0 Å². The van der Waals surface area contributed by atoms with Crippen molar-refractivity contribution in [3.63, 3.8) is 0 Å². The molecule has 0 unspecified atom stereocenters. The Morgan fingerprint density at radius 3 is 2.79 bits per heavy atom. The lowest BCUT2D eigenvalue weighted by Crippen LogP contribution is -2.22. The number of halogens is 1. The van der Waals surface area contributed by atoms with E-state index < -0.39 is 0 Å². The van der Waals surface area contributed by atoms with Crippen LogP contribution in [0.3, 0.4) is 0 Å². The summed E-state index contributed by atoms with van der Waals surface area (Å²) < 4.78 is 0. The Morgan fingerprint density at radius 1 is 1.50 bits per heavy atom. The first-order valence-corrected chi connectivity index (χ1v) is 5.07. The number of rotatable bonds is 4. The molecule has 3 nitrogen and oxygen atoms in total. The fourth-order valence-electron chi connectivity index (χ4n) is 1.07. The molecule has 0 bridgehead atoms. The Morgan fingerprint density at radius 2 is 2.21 bits per heavy atom. The zero-order valence-corrected chi connectivity index (χ0v) is 9.52. The third kappa shape index (κ3) is 3.16. The summed E-state index contributed by atoms with van der Waals surface area (Å²) in [5, 5.41) is 7.00. The maximum absolute atomic E-state index is 6.01. The van der Waals surface area contributed by atoms with Gasteiger partial charge in [-0.25, -0.2) is 4.98 Å². The Labute approximate surface area is 89.9 Å². The van der Waals surface area contributed by atoms with Gasteiger partial charge < -0.3 is 10.6 Å². The lowest BCUT2D eigenvalue weighted by Gasteiger charge is -2.10. The Hall–Kier alpha value is -0.800. The molecule has 1 aromatic heterocycles. The van der Waals surface area contributed by atoms with Crippen molar-refractivity contribution in [3.8, 4) is 0 Å². The highest BCUT2D eigenvalue weighted by atomic mass is 35.5. The molecule has 4 heteroatoms. The van der Waals surface area contributed by atoms with Crippen LogP contribution in [0.5, 0.6) is 0 Å². The minimum absolute atomic E-state index is 0.456. The standard InChI is InChI=1S/C10H16ClN3/c1-7(2)13-5-8-4-10(12-3)14-6-9(8)11/h4,6-7,13H,5H2,1-3H3,(H,12,14). The maximum atomic E-state index is 6.01. The fourth-order valence-corrected chi connectivity index (χ4v) is 1.24. The molecule has 0 aliphatic heterocycles. The molecule has 0 saturated carbocycles. The molecule has 0 aromatic carbocycles. The van der Waals surface area contributed by atoms with E-state index in [4.69, 9.17) is 11.6 Å². The second kappa shape index (κ2) is 5.17. The van der Waals surface area contributed by atoms with Gasteiger partial charge in [-0.05, 0) is 11.6 Å². The van der Waals surface area contributed by atoms with Crippen LogP contribution in [0.1, 0.15) is 19.4 Å². The largest absolute Gasteiger partial charge is 0.373 e. The third-order valence-electron chi connectivity index (χ3n) is 1.89. The zero-order valence-electron chi connectivity index (χ0n) is 8.76. The van der Waals surface area contributed by atoms with Crippen LogP contribution in [0.4, 0.5) is 5.82 Å². The van der Waals surface area contributed by atoms with Crippen LogP contribution in [-0.2, 0) is 6.54 Å².